The second-order valence-corrected chi connectivity index (χ2v) is 9.38. The molecule has 0 amide bonds. The molecule has 0 saturated carbocycles. The predicted octanol–water partition coefficient (Wildman–Crippen LogP) is 2.68. The zero-order valence-electron chi connectivity index (χ0n) is 7.74. The van der Waals surface area contributed by atoms with Crippen molar-refractivity contribution < 1.29 is 4.74 Å². The standard InChI is InChI=1S/C8H20OSi/c1-5-6-7-9-8-10(2,3)4/h5-8H2,1-4H3. The first-order valence-electron chi connectivity index (χ1n) is 4.14. The monoisotopic (exact) mass is 160 g/mol. The third kappa shape index (κ3) is 8.18. The molecule has 10 heavy (non-hydrogen) atoms. The summed E-state index contributed by atoms with van der Waals surface area (Å²) >= 11 is 0. The van der Waals surface area contributed by atoms with Gasteiger partial charge < -0.3 is 4.74 Å². The summed E-state index contributed by atoms with van der Waals surface area (Å²) in [7, 11) is -0.929. The highest BCUT2D eigenvalue weighted by atomic mass is 28.3. The summed E-state index contributed by atoms with van der Waals surface area (Å²) in [4.78, 5) is 0. The second-order valence-electron chi connectivity index (χ2n) is 3.97. The zero-order valence-corrected chi connectivity index (χ0v) is 8.74. The van der Waals surface area contributed by atoms with Gasteiger partial charge in [0.05, 0.1) is 8.07 Å². The Morgan fingerprint density at radius 1 is 1.20 bits per heavy atom. The van der Waals surface area contributed by atoms with E-state index in [0.717, 1.165) is 12.8 Å². The molecule has 0 spiro atoms. The van der Waals surface area contributed by atoms with E-state index in [1.807, 2.05) is 0 Å². The Labute approximate surface area is 65.8 Å². The van der Waals surface area contributed by atoms with Gasteiger partial charge in [0.25, 0.3) is 0 Å². The van der Waals surface area contributed by atoms with Crippen LogP contribution in [0.15, 0.2) is 0 Å². The molecule has 0 radical (unpaired) electrons. The van der Waals surface area contributed by atoms with Crippen molar-refractivity contribution in [2.24, 2.45) is 0 Å². The van der Waals surface area contributed by atoms with Gasteiger partial charge in [0, 0.05) is 12.8 Å². The average molecular weight is 160 g/mol. The Kier molecular flexibility index (Phi) is 5.00. The Hall–Kier alpha value is 0.177. The molecule has 0 N–H and O–H groups in total. The van der Waals surface area contributed by atoms with Crippen LogP contribution in [0.3, 0.4) is 0 Å². The maximum absolute atomic E-state index is 5.50. The lowest BCUT2D eigenvalue weighted by atomic mass is 10.4. The molecular weight excluding hydrogens is 140 g/mol. The van der Waals surface area contributed by atoms with Gasteiger partial charge in [-0.1, -0.05) is 33.0 Å². The molecule has 0 aromatic rings. The van der Waals surface area contributed by atoms with Crippen LogP contribution in [0.1, 0.15) is 19.8 Å². The van der Waals surface area contributed by atoms with Crippen LogP contribution in [-0.4, -0.2) is 20.9 Å². The van der Waals surface area contributed by atoms with Crippen LogP contribution in [-0.2, 0) is 4.74 Å². The number of unbranched alkanes of at least 4 members (excludes halogenated alkanes) is 1. The van der Waals surface area contributed by atoms with Crippen LogP contribution in [0.5, 0.6) is 0 Å². The first-order valence-corrected chi connectivity index (χ1v) is 7.85. The van der Waals surface area contributed by atoms with Crippen molar-refractivity contribution >= 4 is 8.07 Å². The molecular formula is C8H20OSi. The first kappa shape index (κ1) is 10.2. The van der Waals surface area contributed by atoms with Crippen molar-refractivity contribution in [2.45, 2.75) is 39.4 Å². The number of hydrogen-bond donors (Lipinski definition) is 0. The quantitative estimate of drug-likeness (QED) is 0.444. The summed E-state index contributed by atoms with van der Waals surface area (Å²) < 4.78 is 5.50. The molecule has 0 atom stereocenters. The van der Waals surface area contributed by atoms with Crippen molar-refractivity contribution in [1.82, 2.24) is 0 Å². The zero-order chi connectivity index (χ0) is 8.04. The molecule has 0 bridgehead atoms. The highest BCUT2D eigenvalue weighted by molar-refractivity contribution is 6.76. The Bertz CT molecular complexity index is 75.8. The third-order valence-electron chi connectivity index (χ3n) is 1.18. The summed E-state index contributed by atoms with van der Waals surface area (Å²) in [5.74, 6) is 0. The van der Waals surface area contributed by atoms with Gasteiger partial charge in [-0.25, -0.2) is 0 Å². The van der Waals surface area contributed by atoms with Crippen LogP contribution < -0.4 is 0 Å². The topological polar surface area (TPSA) is 9.23 Å². The molecule has 0 rings (SSSR count). The third-order valence-corrected chi connectivity index (χ3v) is 2.25. The van der Waals surface area contributed by atoms with Crippen LogP contribution >= 0.6 is 0 Å². The van der Waals surface area contributed by atoms with Crippen molar-refractivity contribution in [3.63, 3.8) is 0 Å². The lowest BCUT2D eigenvalue weighted by molar-refractivity contribution is 0.169. The smallest absolute Gasteiger partial charge is 0.0746 e. The Morgan fingerprint density at radius 2 is 1.80 bits per heavy atom. The Balaban J connectivity index is 3.04. The van der Waals surface area contributed by atoms with Gasteiger partial charge in [-0.2, -0.15) is 0 Å². The lowest BCUT2D eigenvalue weighted by Crippen LogP contribution is -2.28. The summed E-state index contributed by atoms with van der Waals surface area (Å²) in [6.07, 6.45) is 3.48. The Morgan fingerprint density at radius 3 is 2.20 bits per heavy atom. The van der Waals surface area contributed by atoms with Crippen LogP contribution in [0.25, 0.3) is 0 Å². The van der Waals surface area contributed by atoms with E-state index in [4.69, 9.17) is 4.74 Å². The minimum atomic E-state index is -0.929. The van der Waals surface area contributed by atoms with Gasteiger partial charge >= 0.3 is 0 Å². The molecule has 0 fully saturated rings. The van der Waals surface area contributed by atoms with Gasteiger partial charge in [0.1, 0.15) is 0 Å². The molecule has 0 aliphatic rings. The van der Waals surface area contributed by atoms with E-state index in [1.54, 1.807) is 0 Å². The fourth-order valence-electron chi connectivity index (χ4n) is 0.625. The molecule has 0 aliphatic heterocycles. The molecule has 0 unspecified atom stereocenters. The van der Waals surface area contributed by atoms with Crippen LogP contribution in [0.2, 0.25) is 19.6 Å². The van der Waals surface area contributed by atoms with E-state index >= 15 is 0 Å². The molecule has 0 aromatic heterocycles. The number of ether oxygens (including phenoxy) is 1. The van der Waals surface area contributed by atoms with Crippen molar-refractivity contribution in [2.75, 3.05) is 12.8 Å². The van der Waals surface area contributed by atoms with E-state index in [0.29, 0.717) is 0 Å². The molecule has 62 valence electrons. The van der Waals surface area contributed by atoms with Gasteiger partial charge in [-0.05, 0) is 6.42 Å². The van der Waals surface area contributed by atoms with Crippen molar-refractivity contribution in [3.05, 3.63) is 0 Å². The lowest BCUT2D eigenvalue weighted by Gasteiger charge is -2.15. The van der Waals surface area contributed by atoms with E-state index in [9.17, 15) is 0 Å². The summed E-state index contributed by atoms with van der Waals surface area (Å²) in [6, 6.07) is 0. The number of rotatable bonds is 5. The largest absolute Gasteiger partial charge is 0.385 e. The summed E-state index contributed by atoms with van der Waals surface area (Å²) in [5, 5.41) is 0. The predicted molar refractivity (Wildman–Crippen MR) is 49.1 cm³/mol. The van der Waals surface area contributed by atoms with Gasteiger partial charge in [-0.15, -0.1) is 0 Å². The fourth-order valence-corrected chi connectivity index (χ4v) is 1.38. The van der Waals surface area contributed by atoms with Gasteiger partial charge in [0.15, 0.2) is 0 Å². The summed E-state index contributed by atoms with van der Waals surface area (Å²) in [5.41, 5.74) is 0. The SMILES string of the molecule is CCCCOC[Si](C)(C)C. The van der Waals surface area contributed by atoms with Crippen LogP contribution in [0.4, 0.5) is 0 Å². The van der Waals surface area contributed by atoms with E-state index in [1.165, 1.54) is 12.8 Å². The molecule has 2 heteroatoms. The van der Waals surface area contributed by atoms with Gasteiger partial charge in [-0.3, -0.25) is 0 Å². The maximum Gasteiger partial charge on any atom is 0.0746 e. The van der Waals surface area contributed by atoms with E-state index < -0.39 is 8.07 Å². The van der Waals surface area contributed by atoms with E-state index in [-0.39, 0.29) is 0 Å². The molecule has 0 aromatic carbocycles. The minimum absolute atomic E-state index is 0.929. The number of hydrogen-bond acceptors (Lipinski definition) is 1. The fraction of sp³-hybridized carbons (Fsp3) is 1.00. The molecule has 0 saturated heterocycles. The molecule has 0 aliphatic carbocycles. The minimum Gasteiger partial charge on any atom is -0.385 e. The van der Waals surface area contributed by atoms with Crippen molar-refractivity contribution in [3.8, 4) is 0 Å². The summed E-state index contributed by atoms with van der Waals surface area (Å²) in [6.45, 7) is 10.1. The van der Waals surface area contributed by atoms with E-state index in [2.05, 4.69) is 26.6 Å². The molecule has 1 nitrogen and oxygen atoms in total. The molecule has 0 heterocycles. The maximum atomic E-state index is 5.50. The first-order chi connectivity index (χ1) is 4.56. The van der Waals surface area contributed by atoms with Crippen LogP contribution in [0, 0.1) is 0 Å². The normalized spacial score (nSPS) is 12.0. The highest BCUT2D eigenvalue weighted by Gasteiger charge is 2.12. The highest BCUT2D eigenvalue weighted by Crippen LogP contribution is 2.00. The van der Waals surface area contributed by atoms with Gasteiger partial charge in [0.2, 0.25) is 0 Å². The van der Waals surface area contributed by atoms with Crippen molar-refractivity contribution in [1.29, 1.82) is 0 Å². The average Bonchev–Trinajstić information content (AvgIpc) is 1.78. The second kappa shape index (κ2) is 4.91.